The SMILES string of the molecule is COC(=O)c1ccc(Cl)cc1-c1ccc(C=O)o1. The summed E-state index contributed by atoms with van der Waals surface area (Å²) in [5.74, 6) is 0.0755. The molecule has 92 valence electrons. The highest BCUT2D eigenvalue weighted by atomic mass is 35.5. The molecule has 5 heteroatoms. The topological polar surface area (TPSA) is 56.5 Å². The Morgan fingerprint density at radius 1 is 1.33 bits per heavy atom. The Morgan fingerprint density at radius 3 is 2.72 bits per heavy atom. The third-order valence-corrected chi connectivity index (χ3v) is 2.63. The van der Waals surface area contributed by atoms with Gasteiger partial charge in [-0.25, -0.2) is 4.79 Å². The van der Waals surface area contributed by atoms with Crippen molar-refractivity contribution in [3.63, 3.8) is 0 Å². The van der Waals surface area contributed by atoms with E-state index in [0.29, 0.717) is 28.2 Å². The quantitative estimate of drug-likeness (QED) is 0.631. The zero-order chi connectivity index (χ0) is 13.1. The molecule has 0 spiro atoms. The Bertz CT molecular complexity index is 601. The van der Waals surface area contributed by atoms with E-state index in [1.807, 2.05) is 0 Å². The molecule has 0 saturated heterocycles. The number of methoxy groups -OCH3 is 1. The predicted octanol–water partition coefficient (Wildman–Crippen LogP) is 3.20. The minimum atomic E-state index is -0.495. The molecule has 2 rings (SSSR count). The molecular formula is C13H9ClO4. The molecule has 1 aromatic heterocycles. The summed E-state index contributed by atoms with van der Waals surface area (Å²) in [7, 11) is 1.29. The van der Waals surface area contributed by atoms with Crippen molar-refractivity contribution in [1.82, 2.24) is 0 Å². The summed E-state index contributed by atoms with van der Waals surface area (Å²) in [5.41, 5.74) is 0.816. The Labute approximate surface area is 108 Å². The molecule has 0 aliphatic heterocycles. The lowest BCUT2D eigenvalue weighted by Gasteiger charge is -2.05. The summed E-state index contributed by atoms with van der Waals surface area (Å²) in [6, 6.07) is 7.83. The number of halogens is 1. The standard InChI is InChI=1S/C13H9ClO4/c1-17-13(16)10-4-2-8(14)6-11(10)12-5-3-9(7-15)18-12/h2-7H,1H3. The first-order chi connectivity index (χ1) is 8.65. The smallest absolute Gasteiger partial charge is 0.338 e. The van der Waals surface area contributed by atoms with Crippen molar-refractivity contribution in [2.24, 2.45) is 0 Å². The van der Waals surface area contributed by atoms with Crippen LogP contribution >= 0.6 is 11.6 Å². The highest BCUT2D eigenvalue weighted by molar-refractivity contribution is 6.31. The summed E-state index contributed by atoms with van der Waals surface area (Å²) >= 11 is 5.89. The average molecular weight is 265 g/mol. The first-order valence-corrected chi connectivity index (χ1v) is 5.46. The zero-order valence-electron chi connectivity index (χ0n) is 9.48. The largest absolute Gasteiger partial charge is 0.465 e. The number of carbonyl (C=O) groups is 2. The van der Waals surface area contributed by atoms with E-state index in [0.717, 1.165) is 0 Å². The Kier molecular flexibility index (Phi) is 3.48. The molecule has 0 bridgehead atoms. The molecule has 1 aromatic carbocycles. The number of esters is 1. The van der Waals surface area contributed by atoms with Gasteiger partial charge >= 0.3 is 5.97 Å². The summed E-state index contributed by atoms with van der Waals surface area (Å²) < 4.78 is 9.95. The van der Waals surface area contributed by atoms with Gasteiger partial charge in [0.25, 0.3) is 0 Å². The van der Waals surface area contributed by atoms with Crippen molar-refractivity contribution in [2.45, 2.75) is 0 Å². The van der Waals surface area contributed by atoms with Crippen LogP contribution < -0.4 is 0 Å². The van der Waals surface area contributed by atoms with Gasteiger partial charge in [-0.2, -0.15) is 0 Å². The molecule has 0 aliphatic carbocycles. The van der Waals surface area contributed by atoms with Crippen LogP contribution in [-0.4, -0.2) is 19.4 Å². The van der Waals surface area contributed by atoms with Crippen molar-refractivity contribution in [3.8, 4) is 11.3 Å². The van der Waals surface area contributed by atoms with Crippen LogP contribution in [0, 0.1) is 0 Å². The summed E-state index contributed by atoms with van der Waals surface area (Å²) in [6.07, 6.45) is 0.589. The predicted molar refractivity (Wildman–Crippen MR) is 65.9 cm³/mol. The monoisotopic (exact) mass is 264 g/mol. The lowest BCUT2D eigenvalue weighted by Crippen LogP contribution is -2.03. The second-order valence-corrected chi connectivity index (χ2v) is 3.94. The highest BCUT2D eigenvalue weighted by Crippen LogP contribution is 2.28. The van der Waals surface area contributed by atoms with E-state index in [1.54, 1.807) is 24.3 Å². The molecular weight excluding hydrogens is 256 g/mol. The second-order valence-electron chi connectivity index (χ2n) is 3.50. The van der Waals surface area contributed by atoms with E-state index >= 15 is 0 Å². The van der Waals surface area contributed by atoms with Crippen LogP contribution in [0.5, 0.6) is 0 Å². The number of rotatable bonds is 3. The minimum Gasteiger partial charge on any atom is -0.465 e. The van der Waals surface area contributed by atoms with Gasteiger partial charge in [0.2, 0.25) is 0 Å². The van der Waals surface area contributed by atoms with E-state index in [1.165, 1.54) is 13.2 Å². The van der Waals surface area contributed by atoms with Crippen molar-refractivity contribution in [1.29, 1.82) is 0 Å². The van der Waals surface area contributed by atoms with Crippen LogP contribution in [0.1, 0.15) is 20.9 Å². The summed E-state index contributed by atoms with van der Waals surface area (Å²) in [4.78, 5) is 22.2. The van der Waals surface area contributed by atoms with Gasteiger partial charge in [-0.15, -0.1) is 0 Å². The third kappa shape index (κ3) is 2.28. The lowest BCUT2D eigenvalue weighted by molar-refractivity contribution is 0.0601. The molecule has 0 N–H and O–H groups in total. The van der Waals surface area contributed by atoms with Crippen molar-refractivity contribution < 1.29 is 18.7 Å². The maximum Gasteiger partial charge on any atom is 0.338 e. The molecule has 2 aromatic rings. The van der Waals surface area contributed by atoms with Crippen LogP contribution in [0.15, 0.2) is 34.7 Å². The molecule has 1 heterocycles. The average Bonchev–Trinajstić information content (AvgIpc) is 2.86. The number of carbonyl (C=O) groups excluding carboxylic acids is 2. The fraction of sp³-hybridized carbons (Fsp3) is 0.0769. The molecule has 4 nitrogen and oxygen atoms in total. The van der Waals surface area contributed by atoms with Gasteiger partial charge in [-0.3, -0.25) is 4.79 Å². The van der Waals surface area contributed by atoms with Crippen LogP contribution in [-0.2, 0) is 4.74 Å². The summed E-state index contributed by atoms with van der Waals surface area (Å²) in [6.45, 7) is 0. The summed E-state index contributed by atoms with van der Waals surface area (Å²) in [5, 5.41) is 0.460. The number of benzene rings is 1. The van der Waals surface area contributed by atoms with Gasteiger partial charge < -0.3 is 9.15 Å². The molecule has 18 heavy (non-hydrogen) atoms. The molecule has 0 saturated carbocycles. The zero-order valence-corrected chi connectivity index (χ0v) is 10.2. The number of hydrogen-bond donors (Lipinski definition) is 0. The van der Waals surface area contributed by atoms with Gasteiger partial charge in [-0.1, -0.05) is 11.6 Å². The second kappa shape index (κ2) is 5.06. The van der Waals surface area contributed by atoms with Crippen LogP contribution in [0.25, 0.3) is 11.3 Å². The first kappa shape index (κ1) is 12.4. The van der Waals surface area contributed by atoms with Crippen LogP contribution in [0.3, 0.4) is 0 Å². The fourth-order valence-corrected chi connectivity index (χ4v) is 1.74. The molecule has 0 amide bonds. The van der Waals surface area contributed by atoms with E-state index < -0.39 is 5.97 Å². The van der Waals surface area contributed by atoms with Gasteiger partial charge in [0, 0.05) is 10.6 Å². The van der Waals surface area contributed by atoms with Gasteiger partial charge in [0.15, 0.2) is 12.0 Å². The minimum absolute atomic E-state index is 0.181. The van der Waals surface area contributed by atoms with Crippen LogP contribution in [0.4, 0.5) is 0 Å². The molecule has 0 radical (unpaired) electrons. The normalized spacial score (nSPS) is 10.1. The molecule has 0 fully saturated rings. The van der Waals surface area contributed by atoms with Crippen molar-refractivity contribution in [3.05, 3.63) is 46.7 Å². The molecule has 0 aliphatic rings. The van der Waals surface area contributed by atoms with Gasteiger partial charge in [0.05, 0.1) is 12.7 Å². The van der Waals surface area contributed by atoms with E-state index in [9.17, 15) is 9.59 Å². The lowest BCUT2D eigenvalue weighted by atomic mass is 10.1. The first-order valence-electron chi connectivity index (χ1n) is 5.09. The molecule has 0 unspecified atom stereocenters. The number of aldehydes is 1. The van der Waals surface area contributed by atoms with Crippen molar-refractivity contribution in [2.75, 3.05) is 7.11 Å². The van der Waals surface area contributed by atoms with E-state index in [-0.39, 0.29) is 5.76 Å². The number of ether oxygens (including phenoxy) is 1. The number of hydrogen-bond acceptors (Lipinski definition) is 4. The highest BCUT2D eigenvalue weighted by Gasteiger charge is 2.16. The Balaban J connectivity index is 2.57. The number of furan rings is 1. The van der Waals surface area contributed by atoms with E-state index in [2.05, 4.69) is 4.74 Å². The van der Waals surface area contributed by atoms with E-state index in [4.69, 9.17) is 16.0 Å². The van der Waals surface area contributed by atoms with Gasteiger partial charge in [0.1, 0.15) is 5.76 Å². The Hall–Kier alpha value is -2.07. The maximum atomic E-state index is 11.6. The maximum absolute atomic E-state index is 11.6. The third-order valence-electron chi connectivity index (χ3n) is 2.40. The Morgan fingerprint density at radius 2 is 2.11 bits per heavy atom. The molecule has 0 atom stereocenters. The van der Waals surface area contributed by atoms with Crippen LogP contribution in [0.2, 0.25) is 5.02 Å². The fourth-order valence-electron chi connectivity index (χ4n) is 1.57. The van der Waals surface area contributed by atoms with Crippen molar-refractivity contribution >= 4 is 23.9 Å². The van der Waals surface area contributed by atoms with Gasteiger partial charge in [-0.05, 0) is 30.3 Å².